The third-order valence-electron chi connectivity index (χ3n) is 4.27. The molecule has 1 aromatic carbocycles. The molecular formula is C16H19BrFNO2. The minimum absolute atomic E-state index is 0.196. The molecule has 1 saturated heterocycles. The van der Waals surface area contributed by atoms with Crippen molar-refractivity contribution in [1.29, 1.82) is 0 Å². The van der Waals surface area contributed by atoms with Gasteiger partial charge < -0.3 is 9.64 Å². The van der Waals surface area contributed by atoms with Gasteiger partial charge >= 0.3 is 6.09 Å². The molecule has 3 nitrogen and oxygen atoms in total. The fourth-order valence-corrected chi connectivity index (χ4v) is 3.59. The van der Waals surface area contributed by atoms with Crippen molar-refractivity contribution in [2.24, 2.45) is 5.92 Å². The molecule has 1 aliphatic heterocycles. The van der Waals surface area contributed by atoms with Gasteiger partial charge in [-0.15, -0.1) is 0 Å². The molecule has 0 bridgehead atoms. The van der Waals surface area contributed by atoms with Gasteiger partial charge in [-0.3, -0.25) is 0 Å². The van der Waals surface area contributed by atoms with Crippen LogP contribution >= 0.6 is 15.9 Å². The zero-order valence-corrected chi connectivity index (χ0v) is 14.0. The van der Waals surface area contributed by atoms with Crippen LogP contribution < -0.4 is 0 Å². The number of rotatable bonds is 1. The fraction of sp³-hybridized carbons (Fsp3) is 0.562. The molecule has 2 atom stereocenters. The second-order valence-corrected chi connectivity index (χ2v) is 7.96. The average molecular weight is 356 g/mol. The van der Waals surface area contributed by atoms with Crippen LogP contribution in [0.2, 0.25) is 0 Å². The number of hydrogen-bond donors (Lipinski definition) is 0. The highest BCUT2D eigenvalue weighted by molar-refractivity contribution is 9.10. The second-order valence-electron chi connectivity index (χ2n) is 7.04. The number of benzene rings is 1. The number of halogens is 2. The third-order valence-corrected chi connectivity index (χ3v) is 4.76. The normalized spacial score (nSPS) is 27.5. The third kappa shape index (κ3) is 2.68. The van der Waals surface area contributed by atoms with Crippen molar-refractivity contribution < 1.29 is 13.9 Å². The van der Waals surface area contributed by atoms with Gasteiger partial charge in [0.05, 0.1) is 0 Å². The van der Waals surface area contributed by atoms with Crippen LogP contribution in [0, 0.1) is 11.7 Å². The molecule has 5 heteroatoms. The minimum atomic E-state index is -0.500. The van der Waals surface area contributed by atoms with E-state index in [-0.39, 0.29) is 17.3 Å². The Kier molecular flexibility index (Phi) is 3.32. The lowest BCUT2D eigenvalue weighted by molar-refractivity contribution is 0.0270. The van der Waals surface area contributed by atoms with Crippen molar-refractivity contribution in [1.82, 2.24) is 4.90 Å². The Bertz CT molecular complexity index is 598. The second kappa shape index (κ2) is 4.70. The van der Waals surface area contributed by atoms with E-state index in [0.717, 1.165) is 16.5 Å². The molecule has 1 heterocycles. The van der Waals surface area contributed by atoms with E-state index >= 15 is 0 Å². The van der Waals surface area contributed by atoms with Gasteiger partial charge in [-0.05, 0) is 50.8 Å². The quantitative estimate of drug-likeness (QED) is 0.758. The van der Waals surface area contributed by atoms with Crippen LogP contribution in [0.1, 0.15) is 32.8 Å². The van der Waals surface area contributed by atoms with Crippen molar-refractivity contribution in [3.05, 3.63) is 34.1 Å². The Morgan fingerprint density at radius 2 is 2.19 bits per heavy atom. The van der Waals surface area contributed by atoms with Crippen molar-refractivity contribution >= 4 is 22.0 Å². The molecule has 2 unspecified atom stereocenters. The Morgan fingerprint density at radius 1 is 1.48 bits per heavy atom. The summed E-state index contributed by atoms with van der Waals surface area (Å²) >= 11 is 3.28. The average Bonchev–Trinajstić information content (AvgIpc) is 2.89. The van der Waals surface area contributed by atoms with Gasteiger partial charge in [0.25, 0.3) is 0 Å². The topological polar surface area (TPSA) is 29.5 Å². The Labute approximate surface area is 132 Å². The number of ether oxygens (including phenoxy) is 1. The summed E-state index contributed by atoms with van der Waals surface area (Å²) in [6.45, 7) is 6.76. The number of piperidine rings is 1. The largest absolute Gasteiger partial charge is 0.444 e. The SMILES string of the molecule is CC(C)(C)OC(=O)N1CC2CC2(c2ccc(Br)cc2F)C1. The molecule has 0 radical (unpaired) electrons. The summed E-state index contributed by atoms with van der Waals surface area (Å²) < 4.78 is 20.4. The molecule has 0 spiro atoms. The van der Waals surface area contributed by atoms with E-state index in [1.807, 2.05) is 32.9 Å². The maximum absolute atomic E-state index is 14.2. The molecule has 1 amide bonds. The fourth-order valence-electron chi connectivity index (χ4n) is 3.26. The highest BCUT2D eigenvalue weighted by atomic mass is 79.9. The molecule has 0 N–H and O–H groups in total. The highest BCUT2D eigenvalue weighted by Crippen LogP contribution is 2.59. The summed E-state index contributed by atoms with van der Waals surface area (Å²) in [5, 5.41) is 0. The minimum Gasteiger partial charge on any atom is -0.444 e. The maximum atomic E-state index is 14.2. The van der Waals surface area contributed by atoms with E-state index in [4.69, 9.17) is 4.74 Å². The van der Waals surface area contributed by atoms with Crippen LogP contribution in [0.4, 0.5) is 9.18 Å². The zero-order chi connectivity index (χ0) is 15.4. The molecule has 1 aliphatic carbocycles. The monoisotopic (exact) mass is 355 g/mol. The van der Waals surface area contributed by atoms with Gasteiger partial charge in [0.15, 0.2) is 0 Å². The number of nitrogens with zero attached hydrogens (tertiary/aromatic N) is 1. The van der Waals surface area contributed by atoms with Crippen LogP contribution in [-0.2, 0) is 10.2 Å². The predicted octanol–water partition coefficient (Wildman–Crippen LogP) is 4.10. The molecule has 114 valence electrons. The Balaban J connectivity index is 1.77. The first-order chi connectivity index (χ1) is 9.71. The molecule has 3 rings (SSSR count). The van der Waals surface area contributed by atoms with E-state index < -0.39 is 5.60 Å². The molecule has 1 aromatic rings. The first kappa shape index (κ1) is 14.8. The van der Waals surface area contributed by atoms with Gasteiger partial charge in [0, 0.05) is 23.0 Å². The standard InChI is InChI=1S/C16H19BrFNO2/c1-15(2,3)21-14(20)19-8-10-7-16(10,9-19)12-5-4-11(17)6-13(12)18/h4-6,10H,7-9H2,1-3H3. The summed E-state index contributed by atoms with van der Waals surface area (Å²) in [4.78, 5) is 13.9. The lowest BCUT2D eigenvalue weighted by Crippen LogP contribution is -2.37. The van der Waals surface area contributed by atoms with E-state index in [0.29, 0.717) is 19.0 Å². The lowest BCUT2D eigenvalue weighted by atomic mass is 9.94. The lowest BCUT2D eigenvalue weighted by Gasteiger charge is -2.26. The summed E-state index contributed by atoms with van der Waals surface area (Å²) in [7, 11) is 0. The number of likely N-dealkylation sites (tertiary alicyclic amines) is 1. The molecular weight excluding hydrogens is 337 g/mol. The summed E-state index contributed by atoms with van der Waals surface area (Å²) in [5.41, 5.74) is 0.0171. The van der Waals surface area contributed by atoms with Gasteiger partial charge in [-0.1, -0.05) is 22.0 Å². The highest BCUT2D eigenvalue weighted by Gasteiger charge is 2.63. The Hall–Kier alpha value is -1.10. The molecule has 0 aromatic heterocycles. The van der Waals surface area contributed by atoms with Crippen LogP contribution in [0.5, 0.6) is 0 Å². The first-order valence-corrected chi connectivity index (χ1v) is 7.94. The van der Waals surface area contributed by atoms with Gasteiger partial charge in [0.2, 0.25) is 0 Å². The Morgan fingerprint density at radius 3 is 2.81 bits per heavy atom. The van der Waals surface area contributed by atoms with E-state index in [1.165, 1.54) is 6.07 Å². The van der Waals surface area contributed by atoms with Crippen molar-refractivity contribution in [2.75, 3.05) is 13.1 Å². The number of hydrogen-bond acceptors (Lipinski definition) is 2. The van der Waals surface area contributed by atoms with Crippen LogP contribution in [0.25, 0.3) is 0 Å². The van der Waals surface area contributed by atoms with Gasteiger partial charge in [-0.2, -0.15) is 0 Å². The summed E-state index contributed by atoms with van der Waals surface area (Å²) in [5.74, 6) is 0.151. The number of carbonyl (C=O) groups is 1. The van der Waals surface area contributed by atoms with Crippen molar-refractivity contribution in [3.8, 4) is 0 Å². The smallest absolute Gasteiger partial charge is 0.410 e. The van der Waals surface area contributed by atoms with E-state index in [9.17, 15) is 9.18 Å². The van der Waals surface area contributed by atoms with E-state index in [1.54, 1.807) is 4.90 Å². The summed E-state index contributed by atoms with van der Waals surface area (Å²) in [6.07, 6.45) is 0.650. The zero-order valence-electron chi connectivity index (χ0n) is 12.5. The maximum Gasteiger partial charge on any atom is 0.410 e. The van der Waals surface area contributed by atoms with Gasteiger partial charge in [0.1, 0.15) is 11.4 Å². The van der Waals surface area contributed by atoms with Crippen LogP contribution in [0.3, 0.4) is 0 Å². The van der Waals surface area contributed by atoms with Crippen LogP contribution in [-0.4, -0.2) is 29.7 Å². The summed E-state index contributed by atoms with van der Waals surface area (Å²) in [6, 6.07) is 5.19. The molecule has 21 heavy (non-hydrogen) atoms. The molecule has 2 aliphatic rings. The van der Waals surface area contributed by atoms with Crippen LogP contribution in [0.15, 0.2) is 22.7 Å². The predicted molar refractivity (Wildman–Crippen MR) is 81.7 cm³/mol. The first-order valence-electron chi connectivity index (χ1n) is 7.15. The number of fused-ring (bicyclic) bond motifs is 1. The number of carbonyl (C=O) groups excluding carboxylic acids is 1. The van der Waals surface area contributed by atoms with Crippen molar-refractivity contribution in [2.45, 2.75) is 38.2 Å². The molecule has 2 fully saturated rings. The van der Waals surface area contributed by atoms with Crippen molar-refractivity contribution in [3.63, 3.8) is 0 Å². The number of amides is 1. The van der Waals surface area contributed by atoms with Gasteiger partial charge in [-0.25, -0.2) is 9.18 Å². The van der Waals surface area contributed by atoms with E-state index in [2.05, 4.69) is 15.9 Å². The molecule has 1 saturated carbocycles.